The number of hydrogen-bond donors (Lipinski definition) is 2. The molecule has 2 aromatic heterocycles. The number of benzene rings is 2. The summed E-state index contributed by atoms with van der Waals surface area (Å²) in [5.74, 6) is -1.15. The molecule has 43 heavy (non-hydrogen) atoms. The van der Waals surface area contributed by atoms with Crippen molar-refractivity contribution in [2.75, 3.05) is 26.2 Å². The van der Waals surface area contributed by atoms with Crippen LogP contribution in [0.25, 0.3) is 16.7 Å². The van der Waals surface area contributed by atoms with Gasteiger partial charge in [-0.3, -0.25) is 18.7 Å². The van der Waals surface area contributed by atoms with Crippen LogP contribution in [0, 0.1) is 12.7 Å². The minimum absolute atomic E-state index is 0.00219. The van der Waals surface area contributed by atoms with Crippen molar-refractivity contribution in [3.8, 4) is 5.69 Å². The molecule has 2 aromatic carbocycles. The largest absolute Gasteiger partial charge is 0.388 e. The normalized spacial score (nSPS) is 20.5. The van der Waals surface area contributed by atoms with Crippen LogP contribution in [0.4, 0.5) is 4.39 Å². The SMILES string of the molecule is Cc1cc(-n2c(Cl)cc3c(=O)n(CC4(O)CCN(C(=O)c5ccc(Cl)cc5F)CC4)cnc32)ccc1[C@H]1CO[C@H](C)CN1. The van der Waals surface area contributed by atoms with E-state index in [2.05, 4.69) is 10.3 Å². The van der Waals surface area contributed by atoms with Gasteiger partial charge in [0.25, 0.3) is 11.5 Å². The maximum Gasteiger partial charge on any atom is 0.262 e. The molecule has 0 radical (unpaired) electrons. The molecule has 2 aliphatic rings. The summed E-state index contributed by atoms with van der Waals surface area (Å²) in [5, 5.41) is 15.7. The molecule has 9 nitrogen and oxygen atoms in total. The second-order valence-electron chi connectivity index (χ2n) is 11.5. The number of aromatic nitrogens is 3. The Morgan fingerprint density at radius 1 is 1.19 bits per heavy atom. The molecule has 0 saturated carbocycles. The first-order valence-electron chi connectivity index (χ1n) is 14.2. The fourth-order valence-corrected chi connectivity index (χ4v) is 6.40. The van der Waals surface area contributed by atoms with E-state index in [1.807, 2.05) is 32.0 Å². The first kappa shape index (κ1) is 29.8. The lowest BCUT2D eigenvalue weighted by molar-refractivity contribution is -0.0300. The van der Waals surface area contributed by atoms with E-state index in [4.69, 9.17) is 27.9 Å². The number of rotatable bonds is 5. The molecule has 4 heterocycles. The Morgan fingerprint density at radius 2 is 1.95 bits per heavy atom. The Bertz CT molecular complexity index is 1760. The number of morpholine rings is 1. The lowest BCUT2D eigenvalue weighted by atomic mass is 9.91. The van der Waals surface area contributed by atoms with Gasteiger partial charge in [-0.05, 0) is 74.2 Å². The summed E-state index contributed by atoms with van der Waals surface area (Å²) in [6, 6.07) is 11.6. The maximum absolute atomic E-state index is 14.3. The lowest BCUT2D eigenvalue weighted by Gasteiger charge is -2.38. The summed E-state index contributed by atoms with van der Waals surface area (Å²) in [6.45, 7) is 5.87. The van der Waals surface area contributed by atoms with E-state index in [1.54, 1.807) is 10.6 Å². The second kappa shape index (κ2) is 11.7. The van der Waals surface area contributed by atoms with Gasteiger partial charge in [0, 0.05) is 30.3 Å². The van der Waals surface area contributed by atoms with E-state index in [0.717, 1.165) is 29.4 Å². The zero-order valence-electron chi connectivity index (χ0n) is 23.8. The first-order valence-corrected chi connectivity index (χ1v) is 15.0. The van der Waals surface area contributed by atoms with Gasteiger partial charge < -0.3 is 20.1 Å². The van der Waals surface area contributed by atoms with E-state index in [1.165, 1.54) is 27.9 Å². The van der Waals surface area contributed by atoms with Crippen LogP contribution in [0.5, 0.6) is 0 Å². The van der Waals surface area contributed by atoms with E-state index in [-0.39, 0.29) is 60.8 Å². The van der Waals surface area contributed by atoms with Gasteiger partial charge in [0.2, 0.25) is 0 Å². The van der Waals surface area contributed by atoms with Crippen molar-refractivity contribution in [1.29, 1.82) is 0 Å². The quantitative estimate of drug-likeness (QED) is 0.334. The fraction of sp³-hybridized carbons (Fsp3) is 0.387. The summed E-state index contributed by atoms with van der Waals surface area (Å²) in [4.78, 5) is 32.4. The molecule has 0 spiro atoms. The lowest BCUT2D eigenvalue weighted by Crippen LogP contribution is -2.49. The van der Waals surface area contributed by atoms with Gasteiger partial charge in [0.1, 0.15) is 17.3 Å². The molecule has 4 aromatic rings. The molecule has 6 rings (SSSR count). The number of halogens is 3. The molecule has 2 saturated heterocycles. The number of carbonyl (C=O) groups is 1. The van der Waals surface area contributed by atoms with Crippen LogP contribution in [0.15, 0.2) is 53.6 Å². The summed E-state index contributed by atoms with van der Waals surface area (Å²) in [7, 11) is 0. The van der Waals surface area contributed by atoms with Crippen molar-refractivity contribution in [1.82, 2.24) is 24.3 Å². The second-order valence-corrected chi connectivity index (χ2v) is 12.3. The minimum Gasteiger partial charge on any atom is -0.388 e. The number of nitrogens with zero attached hydrogens (tertiary/aromatic N) is 4. The highest BCUT2D eigenvalue weighted by molar-refractivity contribution is 6.31. The molecule has 226 valence electrons. The number of nitrogens with one attached hydrogen (secondary N) is 1. The molecule has 2 atom stereocenters. The average molecular weight is 629 g/mol. The molecule has 2 aliphatic heterocycles. The molecule has 0 aliphatic carbocycles. The number of fused-ring (bicyclic) bond motifs is 1. The van der Waals surface area contributed by atoms with Crippen molar-refractivity contribution >= 4 is 40.1 Å². The van der Waals surface area contributed by atoms with Gasteiger partial charge in [0.05, 0.1) is 41.8 Å². The predicted octanol–water partition coefficient (Wildman–Crippen LogP) is 4.66. The van der Waals surface area contributed by atoms with Crippen LogP contribution in [0.1, 0.15) is 47.3 Å². The van der Waals surface area contributed by atoms with Crippen LogP contribution >= 0.6 is 23.2 Å². The molecule has 12 heteroatoms. The first-order chi connectivity index (χ1) is 20.5. The Kier molecular flexibility index (Phi) is 8.08. The third-order valence-electron chi connectivity index (χ3n) is 8.43. The fourth-order valence-electron chi connectivity index (χ4n) is 5.95. The predicted molar refractivity (Wildman–Crippen MR) is 163 cm³/mol. The molecular weight excluding hydrogens is 596 g/mol. The van der Waals surface area contributed by atoms with Gasteiger partial charge in [-0.2, -0.15) is 0 Å². The van der Waals surface area contributed by atoms with Crippen LogP contribution in [0.2, 0.25) is 10.2 Å². The minimum atomic E-state index is -1.25. The van der Waals surface area contributed by atoms with Crippen molar-refractivity contribution in [2.45, 2.75) is 51.0 Å². The number of amides is 1. The van der Waals surface area contributed by atoms with Crippen molar-refractivity contribution in [3.05, 3.63) is 91.8 Å². The van der Waals surface area contributed by atoms with Crippen LogP contribution in [-0.2, 0) is 11.3 Å². The smallest absolute Gasteiger partial charge is 0.262 e. The monoisotopic (exact) mass is 627 g/mol. The molecule has 0 bridgehead atoms. The highest BCUT2D eigenvalue weighted by Crippen LogP contribution is 2.30. The van der Waals surface area contributed by atoms with E-state index in [0.29, 0.717) is 22.8 Å². The van der Waals surface area contributed by atoms with Gasteiger partial charge in [-0.25, -0.2) is 9.37 Å². The topological polar surface area (TPSA) is 102 Å². The maximum atomic E-state index is 14.3. The summed E-state index contributed by atoms with van der Waals surface area (Å²) < 4.78 is 23.2. The number of aliphatic hydroxyl groups is 1. The highest BCUT2D eigenvalue weighted by Gasteiger charge is 2.35. The van der Waals surface area contributed by atoms with Gasteiger partial charge in [-0.1, -0.05) is 29.3 Å². The van der Waals surface area contributed by atoms with Gasteiger partial charge in [-0.15, -0.1) is 0 Å². The van der Waals surface area contributed by atoms with Crippen molar-refractivity contribution < 1.29 is 19.0 Å². The third-order valence-corrected chi connectivity index (χ3v) is 8.95. The van der Waals surface area contributed by atoms with Crippen LogP contribution < -0.4 is 10.9 Å². The zero-order valence-corrected chi connectivity index (χ0v) is 25.3. The summed E-state index contributed by atoms with van der Waals surface area (Å²) >= 11 is 12.4. The van der Waals surface area contributed by atoms with Gasteiger partial charge in [0.15, 0.2) is 5.65 Å². The number of aryl methyl sites for hydroxylation is 1. The van der Waals surface area contributed by atoms with Crippen molar-refractivity contribution in [3.63, 3.8) is 0 Å². The number of piperidine rings is 1. The molecule has 2 fully saturated rings. The highest BCUT2D eigenvalue weighted by atomic mass is 35.5. The Balaban J connectivity index is 1.19. The summed E-state index contributed by atoms with van der Waals surface area (Å²) in [5.41, 5.74) is 1.76. The van der Waals surface area contributed by atoms with Gasteiger partial charge >= 0.3 is 0 Å². The third kappa shape index (κ3) is 5.82. The average Bonchev–Trinajstić information content (AvgIpc) is 3.32. The molecule has 0 unspecified atom stereocenters. The number of ether oxygens (including phenoxy) is 1. The van der Waals surface area contributed by atoms with E-state index < -0.39 is 17.3 Å². The Hall–Kier alpha value is -3.28. The standard InChI is InChI=1S/C31H32Cl2FN5O4/c1-18-11-21(4-6-22(18)26-15-43-19(2)14-35-26)39-27(33)13-24-28(39)36-17-38(30(24)41)16-31(42)7-9-37(10-8-31)29(40)23-5-3-20(32)12-25(23)34/h3-6,11-13,17,19,26,35,42H,7-10,14-16H2,1-2H3/t19-,26-/m1/s1. The van der Waals surface area contributed by atoms with Crippen LogP contribution in [-0.4, -0.2) is 68.0 Å². The molecule has 1 amide bonds. The molecular formula is C31H32Cl2FN5O4. The molecule has 2 N–H and O–H groups in total. The Labute approximate surface area is 257 Å². The van der Waals surface area contributed by atoms with Crippen LogP contribution in [0.3, 0.4) is 0 Å². The summed E-state index contributed by atoms with van der Waals surface area (Å²) in [6.07, 6.45) is 2.03. The zero-order chi connectivity index (χ0) is 30.5. The van der Waals surface area contributed by atoms with Crippen molar-refractivity contribution in [2.24, 2.45) is 0 Å². The number of carbonyl (C=O) groups excluding carboxylic acids is 1. The van der Waals surface area contributed by atoms with E-state index >= 15 is 0 Å². The number of likely N-dealkylation sites (tertiary alicyclic amines) is 1. The van der Waals surface area contributed by atoms with E-state index in [9.17, 15) is 19.1 Å². The number of hydrogen-bond acceptors (Lipinski definition) is 6. The Morgan fingerprint density at radius 3 is 2.63 bits per heavy atom.